The number of hydrogen-bond donors (Lipinski definition) is 0. The Bertz CT molecular complexity index is 1320. The van der Waals surface area contributed by atoms with Gasteiger partial charge in [0.15, 0.2) is 9.84 Å². The van der Waals surface area contributed by atoms with Crippen LogP contribution in [0.1, 0.15) is 43.4 Å². The number of nitrogens with zero attached hydrogens (tertiary/aromatic N) is 6. The Labute approximate surface area is 211 Å². The average molecular weight is 511 g/mol. The van der Waals surface area contributed by atoms with E-state index >= 15 is 0 Å². The van der Waals surface area contributed by atoms with Crippen LogP contribution in [0.3, 0.4) is 0 Å². The average Bonchev–Trinajstić information content (AvgIpc) is 2.89. The maximum atomic E-state index is 11.7. The second kappa shape index (κ2) is 11.0. The van der Waals surface area contributed by atoms with Crippen molar-refractivity contribution in [3.63, 3.8) is 0 Å². The summed E-state index contributed by atoms with van der Waals surface area (Å²) in [7, 11) is -3.25. The van der Waals surface area contributed by atoms with Gasteiger partial charge in [0.05, 0.1) is 16.2 Å². The van der Waals surface area contributed by atoms with Gasteiger partial charge < -0.3 is 14.5 Å². The lowest BCUT2D eigenvalue weighted by Crippen LogP contribution is -2.39. The van der Waals surface area contributed by atoms with Gasteiger partial charge in [0.1, 0.15) is 12.4 Å². The topological polar surface area (TPSA) is 120 Å². The first kappa shape index (κ1) is 25.5. The van der Waals surface area contributed by atoms with Crippen LogP contribution in [-0.2, 0) is 16.3 Å². The first-order valence-corrected chi connectivity index (χ1v) is 13.7. The largest absolute Gasteiger partial charge is 0.474 e. The van der Waals surface area contributed by atoms with Crippen LogP contribution < -0.4 is 14.5 Å². The highest BCUT2D eigenvalue weighted by Gasteiger charge is 2.24. The number of ether oxygens (including phenoxy) is 1. The molecule has 36 heavy (non-hydrogen) atoms. The van der Waals surface area contributed by atoms with E-state index in [1.165, 1.54) is 12.6 Å². The molecule has 0 atom stereocenters. The van der Waals surface area contributed by atoms with Gasteiger partial charge >= 0.3 is 0 Å². The maximum Gasteiger partial charge on any atom is 0.258 e. The number of sulfone groups is 1. The lowest BCUT2D eigenvalue weighted by atomic mass is 10.1. The number of aromatic nitrogens is 4. The van der Waals surface area contributed by atoms with Crippen molar-refractivity contribution in [2.75, 3.05) is 24.2 Å². The summed E-state index contributed by atoms with van der Waals surface area (Å²) in [6, 6.07) is 6.47. The van der Waals surface area contributed by atoms with Crippen LogP contribution in [0.25, 0.3) is 0 Å². The molecule has 1 saturated heterocycles. The molecule has 11 heteroatoms. The summed E-state index contributed by atoms with van der Waals surface area (Å²) in [5.41, 5.74) is 3.10. The molecule has 3 aromatic rings. The van der Waals surface area contributed by atoms with Gasteiger partial charge in [-0.3, -0.25) is 0 Å². The molecule has 0 unspecified atom stereocenters. The van der Waals surface area contributed by atoms with E-state index in [1.807, 2.05) is 19.3 Å². The molecule has 190 valence electrons. The molecule has 10 nitrogen and oxygen atoms in total. The molecule has 0 amide bonds. The Morgan fingerprint density at radius 1 is 1.06 bits per heavy atom. The lowest BCUT2D eigenvalue weighted by molar-refractivity contribution is 0.160. The fourth-order valence-corrected chi connectivity index (χ4v) is 4.39. The molecule has 0 radical (unpaired) electrons. The molecular formula is C25H30N6O4S. The summed E-state index contributed by atoms with van der Waals surface area (Å²) in [5, 5.41) is 4.16. The zero-order valence-corrected chi connectivity index (χ0v) is 21.7. The number of anilines is 1. The Morgan fingerprint density at radius 2 is 1.69 bits per heavy atom. The number of piperidine rings is 1. The number of oxime groups is 1. The molecule has 0 bridgehead atoms. The number of aryl methyl sites for hydroxylation is 1. The van der Waals surface area contributed by atoms with Crippen LogP contribution >= 0.6 is 0 Å². The number of rotatable bonds is 8. The van der Waals surface area contributed by atoms with Crippen molar-refractivity contribution in [2.45, 2.75) is 51.0 Å². The van der Waals surface area contributed by atoms with E-state index in [-0.39, 0.29) is 11.0 Å². The molecule has 2 aromatic heterocycles. The molecule has 1 fully saturated rings. The summed E-state index contributed by atoms with van der Waals surface area (Å²) >= 11 is 0. The van der Waals surface area contributed by atoms with Gasteiger partial charge in [-0.25, -0.2) is 23.4 Å². The molecule has 1 aliphatic heterocycles. The second-order valence-corrected chi connectivity index (χ2v) is 10.7. The predicted octanol–water partition coefficient (Wildman–Crippen LogP) is 3.39. The van der Waals surface area contributed by atoms with E-state index < -0.39 is 9.84 Å². The smallest absolute Gasteiger partial charge is 0.258 e. The van der Waals surface area contributed by atoms with Crippen molar-refractivity contribution in [1.82, 2.24) is 19.9 Å². The van der Waals surface area contributed by atoms with Crippen LogP contribution in [0.4, 0.5) is 5.95 Å². The van der Waals surface area contributed by atoms with Crippen molar-refractivity contribution in [1.29, 1.82) is 0 Å². The van der Waals surface area contributed by atoms with Gasteiger partial charge in [-0.05, 0) is 43.5 Å². The Balaban J connectivity index is 1.36. The van der Waals surface area contributed by atoms with Gasteiger partial charge in [0.25, 0.3) is 5.88 Å². The van der Waals surface area contributed by atoms with E-state index in [0.29, 0.717) is 23.0 Å². The molecule has 0 spiro atoms. The monoisotopic (exact) mass is 510 g/mol. The van der Waals surface area contributed by atoms with Crippen LogP contribution in [0.5, 0.6) is 11.8 Å². The third kappa shape index (κ3) is 6.14. The van der Waals surface area contributed by atoms with Gasteiger partial charge in [-0.15, -0.1) is 0 Å². The highest BCUT2D eigenvalue weighted by Crippen LogP contribution is 2.26. The molecule has 0 aliphatic carbocycles. The molecule has 1 aliphatic rings. The minimum absolute atomic E-state index is 0.0104. The second-order valence-electron chi connectivity index (χ2n) is 8.72. The van der Waals surface area contributed by atoms with E-state index in [2.05, 4.69) is 36.9 Å². The van der Waals surface area contributed by atoms with E-state index in [0.717, 1.165) is 49.4 Å². The van der Waals surface area contributed by atoms with Crippen molar-refractivity contribution in [3.8, 4) is 11.8 Å². The Hall–Kier alpha value is -3.60. The summed E-state index contributed by atoms with van der Waals surface area (Å²) in [5.74, 6) is 1.51. The molecule has 0 saturated carbocycles. The SMILES string of the molecule is CCc1cnc(N2CCC(Oc3ncnc(O/N=C(/C)c4ccc(S(C)(=O)=O)cc4)c3C)CC2)nc1. The van der Waals surface area contributed by atoms with Gasteiger partial charge in [-0.1, -0.05) is 24.2 Å². The first-order valence-electron chi connectivity index (χ1n) is 11.8. The third-order valence-corrected chi connectivity index (χ3v) is 7.19. The maximum absolute atomic E-state index is 11.7. The minimum atomic E-state index is -3.25. The molecule has 1 aromatic carbocycles. The quantitative estimate of drug-likeness (QED) is 0.332. The van der Waals surface area contributed by atoms with Crippen molar-refractivity contribution >= 4 is 21.5 Å². The Kier molecular flexibility index (Phi) is 7.78. The van der Waals surface area contributed by atoms with Gasteiger partial charge in [-0.2, -0.15) is 4.98 Å². The number of benzene rings is 1. The summed E-state index contributed by atoms with van der Waals surface area (Å²) in [6.07, 6.45) is 8.89. The third-order valence-electron chi connectivity index (χ3n) is 6.06. The van der Waals surface area contributed by atoms with Crippen molar-refractivity contribution < 1.29 is 18.0 Å². The molecule has 3 heterocycles. The molecule has 4 rings (SSSR count). The normalized spacial score (nSPS) is 15.1. The number of hydrogen-bond acceptors (Lipinski definition) is 10. The standard InChI is InChI=1S/C25H30N6O4S/c1-5-19-14-26-25(27-15-19)31-12-10-21(11-13-31)34-23-17(2)24(29-16-28-23)35-30-18(3)20-6-8-22(9-7-20)36(4,32)33/h6-9,14-16,21H,5,10-13H2,1-4H3/b30-18-. The Morgan fingerprint density at radius 3 is 2.31 bits per heavy atom. The molecular weight excluding hydrogens is 480 g/mol. The van der Waals surface area contributed by atoms with E-state index in [9.17, 15) is 8.42 Å². The van der Waals surface area contributed by atoms with Gasteiger partial charge in [0, 0.05) is 44.6 Å². The fourth-order valence-electron chi connectivity index (χ4n) is 3.76. The highest BCUT2D eigenvalue weighted by molar-refractivity contribution is 7.90. The zero-order chi connectivity index (χ0) is 25.7. The predicted molar refractivity (Wildman–Crippen MR) is 136 cm³/mol. The fraction of sp³-hybridized carbons (Fsp3) is 0.400. The zero-order valence-electron chi connectivity index (χ0n) is 20.9. The minimum Gasteiger partial charge on any atom is -0.474 e. The lowest BCUT2D eigenvalue weighted by Gasteiger charge is -2.32. The summed E-state index contributed by atoms with van der Waals surface area (Å²) in [4.78, 5) is 25.4. The first-order chi connectivity index (χ1) is 17.2. The highest BCUT2D eigenvalue weighted by atomic mass is 32.2. The van der Waals surface area contributed by atoms with Gasteiger partial charge in [0.2, 0.25) is 11.8 Å². The van der Waals surface area contributed by atoms with E-state index in [1.54, 1.807) is 31.2 Å². The summed E-state index contributed by atoms with van der Waals surface area (Å²) < 4.78 is 29.5. The van der Waals surface area contributed by atoms with Crippen LogP contribution in [0.2, 0.25) is 0 Å². The van der Waals surface area contributed by atoms with Crippen LogP contribution in [-0.4, -0.2) is 59.5 Å². The van der Waals surface area contributed by atoms with Crippen molar-refractivity contribution in [3.05, 3.63) is 59.7 Å². The van der Waals surface area contributed by atoms with Crippen molar-refractivity contribution in [2.24, 2.45) is 5.16 Å². The summed E-state index contributed by atoms with van der Waals surface area (Å²) in [6.45, 7) is 7.28. The van der Waals surface area contributed by atoms with E-state index in [4.69, 9.17) is 9.57 Å². The van der Waals surface area contributed by atoms with Crippen LogP contribution in [0, 0.1) is 6.92 Å². The van der Waals surface area contributed by atoms with Crippen LogP contribution in [0.15, 0.2) is 53.0 Å². The molecule has 0 N–H and O–H groups in total.